The zero-order valence-electron chi connectivity index (χ0n) is 13.0. The Hall–Kier alpha value is -2.34. The third-order valence-electron chi connectivity index (χ3n) is 4.17. The van der Waals surface area contributed by atoms with E-state index < -0.39 is 0 Å². The summed E-state index contributed by atoms with van der Waals surface area (Å²) in [5, 5.41) is 19.5. The van der Waals surface area contributed by atoms with Crippen LogP contribution in [0.5, 0.6) is 0 Å². The first-order chi connectivity index (χ1) is 11.2. The number of aromatic nitrogens is 2. The summed E-state index contributed by atoms with van der Waals surface area (Å²) >= 11 is 0. The minimum atomic E-state index is -0.200. The van der Waals surface area contributed by atoms with Crippen LogP contribution in [-0.4, -0.2) is 33.6 Å². The first-order valence-electron chi connectivity index (χ1n) is 7.99. The third-order valence-corrected chi connectivity index (χ3v) is 4.17. The van der Waals surface area contributed by atoms with E-state index in [2.05, 4.69) is 15.7 Å². The highest BCUT2D eigenvalue weighted by Crippen LogP contribution is 2.24. The highest BCUT2D eigenvalue weighted by molar-refractivity contribution is 5.73. The topological polar surface area (TPSA) is 79.2 Å². The molecule has 0 aliphatic heterocycles. The summed E-state index contributed by atoms with van der Waals surface area (Å²) in [6.07, 6.45) is 6.06. The number of hydrogen-bond donors (Lipinski definition) is 3. The Kier molecular flexibility index (Phi) is 4.92. The Morgan fingerprint density at radius 3 is 2.83 bits per heavy atom. The zero-order valence-corrected chi connectivity index (χ0v) is 13.0. The normalized spacial score (nSPS) is 20.4. The molecule has 6 heteroatoms. The fraction of sp³-hybridized carbons (Fsp3) is 0.412. The molecule has 1 aromatic heterocycles. The smallest absolute Gasteiger partial charge is 0.315 e. The molecule has 2 atom stereocenters. The molecule has 0 bridgehead atoms. The maximum atomic E-state index is 11.8. The molecule has 1 fully saturated rings. The SMILES string of the molecule is O=C(NCc1cnn(-c2ccccc2)c1)NC[C@H]1CC[C@H](O)C1. The number of para-hydroxylation sites is 1. The fourth-order valence-corrected chi connectivity index (χ4v) is 2.89. The van der Waals surface area contributed by atoms with Crippen molar-refractivity contribution in [3.63, 3.8) is 0 Å². The van der Waals surface area contributed by atoms with Crippen molar-refractivity contribution in [2.24, 2.45) is 5.92 Å². The van der Waals surface area contributed by atoms with Crippen LogP contribution in [0, 0.1) is 5.92 Å². The molecule has 0 radical (unpaired) electrons. The lowest BCUT2D eigenvalue weighted by Gasteiger charge is -2.11. The van der Waals surface area contributed by atoms with Crippen LogP contribution >= 0.6 is 0 Å². The lowest BCUT2D eigenvalue weighted by molar-refractivity contribution is 0.177. The van der Waals surface area contributed by atoms with Gasteiger partial charge in [-0.05, 0) is 37.3 Å². The Bertz CT molecular complexity index is 641. The van der Waals surface area contributed by atoms with Crippen LogP contribution in [0.15, 0.2) is 42.7 Å². The molecule has 1 aromatic carbocycles. The summed E-state index contributed by atoms with van der Waals surface area (Å²) in [5.41, 5.74) is 1.93. The maximum Gasteiger partial charge on any atom is 0.315 e. The van der Waals surface area contributed by atoms with E-state index in [0.717, 1.165) is 30.5 Å². The maximum absolute atomic E-state index is 11.8. The molecule has 0 spiro atoms. The van der Waals surface area contributed by atoms with Crippen molar-refractivity contribution >= 4 is 6.03 Å². The van der Waals surface area contributed by atoms with E-state index in [1.807, 2.05) is 36.5 Å². The van der Waals surface area contributed by atoms with Gasteiger partial charge in [-0.3, -0.25) is 0 Å². The minimum Gasteiger partial charge on any atom is -0.393 e. The molecule has 1 aliphatic carbocycles. The van der Waals surface area contributed by atoms with Gasteiger partial charge in [0.15, 0.2) is 0 Å². The van der Waals surface area contributed by atoms with Gasteiger partial charge in [0.05, 0.1) is 18.0 Å². The summed E-state index contributed by atoms with van der Waals surface area (Å²) in [7, 11) is 0. The zero-order chi connectivity index (χ0) is 16.1. The van der Waals surface area contributed by atoms with Crippen molar-refractivity contribution in [1.29, 1.82) is 0 Å². The van der Waals surface area contributed by atoms with E-state index in [0.29, 0.717) is 19.0 Å². The van der Waals surface area contributed by atoms with E-state index in [-0.39, 0.29) is 12.1 Å². The summed E-state index contributed by atoms with van der Waals surface area (Å²) in [5.74, 6) is 0.386. The van der Waals surface area contributed by atoms with Gasteiger partial charge in [-0.25, -0.2) is 9.48 Å². The Morgan fingerprint density at radius 2 is 2.09 bits per heavy atom. The number of carbonyl (C=O) groups excluding carboxylic acids is 1. The van der Waals surface area contributed by atoms with E-state index in [9.17, 15) is 9.90 Å². The summed E-state index contributed by atoms with van der Waals surface area (Å²) < 4.78 is 1.79. The molecule has 3 N–H and O–H groups in total. The second-order valence-corrected chi connectivity index (χ2v) is 6.03. The van der Waals surface area contributed by atoms with Gasteiger partial charge in [0, 0.05) is 24.8 Å². The predicted molar refractivity (Wildman–Crippen MR) is 87.2 cm³/mol. The number of benzene rings is 1. The molecule has 2 aromatic rings. The van der Waals surface area contributed by atoms with Crippen molar-refractivity contribution in [3.05, 3.63) is 48.3 Å². The number of hydrogen-bond acceptors (Lipinski definition) is 3. The van der Waals surface area contributed by atoms with Gasteiger partial charge in [-0.1, -0.05) is 18.2 Å². The molecular weight excluding hydrogens is 292 g/mol. The summed E-state index contributed by atoms with van der Waals surface area (Å²) in [6.45, 7) is 1.05. The second kappa shape index (κ2) is 7.28. The number of carbonyl (C=O) groups is 1. The highest BCUT2D eigenvalue weighted by atomic mass is 16.3. The average Bonchev–Trinajstić information content (AvgIpc) is 3.21. The molecule has 1 heterocycles. The molecular formula is C17H22N4O2. The Labute approximate surface area is 135 Å². The molecule has 0 unspecified atom stereocenters. The third kappa shape index (κ3) is 4.32. The molecule has 6 nitrogen and oxygen atoms in total. The van der Waals surface area contributed by atoms with Crippen LogP contribution in [0.1, 0.15) is 24.8 Å². The number of aliphatic hydroxyl groups excluding tert-OH is 1. The fourth-order valence-electron chi connectivity index (χ4n) is 2.89. The standard InChI is InChI=1S/C17H22N4O2/c22-16-7-6-13(8-16)9-18-17(23)19-10-14-11-20-21(12-14)15-4-2-1-3-5-15/h1-5,11-13,16,22H,6-10H2,(H2,18,19,23)/t13-,16-/m0/s1. The molecule has 0 saturated heterocycles. The van der Waals surface area contributed by atoms with Gasteiger partial charge >= 0.3 is 6.03 Å². The van der Waals surface area contributed by atoms with Crippen LogP contribution < -0.4 is 10.6 Å². The number of amides is 2. The summed E-state index contributed by atoms with van der Waals surface area (Å²) in [6, 6.07) is 9.66. The van der Waals surface area contributed by atoms with E-state index in [4.69, 9.17) is 0 Å². The molecule has 122 valence electrons. The lowest BCUT2D eigenvalue weighted by atomic mass is 10.1. The quantitative estimate of drug-likeness (QED) is 0.788. The Balaban J connectivity index is 1.43. The van der Waals surface area contributed by atoms with E-state index >= 15 is 0 Å². The predicted octanol–water partition coefficient (Wildman–Crippen LogP) is 1.83. The van der Waals surface area contributed by atoms with Crippen LogP contribution in [0.4, 0.5) is 4.79 Å². The number of urea groups is 1. The van der Waals surface area contributed by atoms with Gasteiger partial charge in [0.1, 0.15) is 0 Å². The van der Waals surface area contributed by atoms with Crippen molar-refractivity contribution < 1.29 is 9.90 Å². The van der Waals surface area contributed by atoms with Crippen LogP contribution in [0.2, 0.25) is 0 Å². The Morgan fingerprint density at radius 1 is 1.26 bits per heavy atom. The van der Waals surface area contributed by atoms with Crippen LogP contribution in [-0.2, 0) is 6.54 Å². The van der Waals surface area contributed by atoms with Gasteiger partial charge in [0.2, 0.25) is 0 Å². The number of nitrogens with zero attached hydrogens (tertiary/aromatic N) is 2. The second-order valence-electron chi connectivity index (χ2n) is 6.03. The van der Waals surface area contributed by atoms with Crippen molar-refractivity contribution in [2.75, 3.05) is 6.54 Å². The lowest BCUT2D eigenvalue weighted by Crippen LogP contribution is -2.37. The van der Waals surface area contributed by atoms with Gasteiger partial charge in [-0.15, -0.1) is 0 Å². The molecule has 23 heavy (non-hydrogen) atoms. The molecule has 1 saturated carbocycles. The van der Waals surface area contributed by atoms with Crippen molar-refractivity contribution in [2.45, 2.75) is 31.9 Å². The molecule has 3 rings (SSSR count). The highest BCUT2D eigenvalue weighted by Gasteiger charge is 2.22. The minimum absolute atomic E-state index is 0.182. The van der Waals surface area contributed by atoms with Crippen molar-refractivity contribution in [1.82, 2.24) is 20.4 Å². The first-order valence-corrected chi connectivity index (χ1v) is 7.99. The van der Waals surface area contributed by atoms with Gasteiger partial charge in [0.25, 0.3) is 0 Å². The first kappa shape index (κ1) is 15.6. The number of rotatable bonds is 5. The van der Waals surface area contributed by atoms with Crippen molar-refractivity contribution in [3.8, 4) is 5.69 Å². The van der Waals surface area contributed by atoms with Crippen LogP contribution in [0.3, 0.4) is 0 Å². The monoisotopic (exact) mass is 314 g/mol. The van der Waals surface area contributed by atoms with E-state index in [1.54, 1.807) is 10.9 Å². The molecule has 1 aliphatic rings. The number of nitrogens with one attached hydrogen (secondary N) is 2. The largest absolute Gasteiger partial charge is 0.393 e. The molecule has 2 amide bonds. The van der Waals surface area contributed by atoms with Crippen LogP contribution in [0.25, 0.3) is 5.69 Å². The summed E-state index contributed by atoms with van der Waals surface area (Å²) in [4.78, 5) is 11.8. The number of aliphatic hydroxyl groups is 1. The van der Waals surface area contributed by atoms with Gasteiger partial charge in [-0.2, -0.15) is 5.10 Å². The van der Waals surface area contributed by atoms with Gasteiger partial charge < -0.3 is 15.7 Å². The average molecular weight is 314 g/mol. The van der Waals surface area contributed by atoms with E-state index in [1.165, 1.54) is 0 Å².